The van der Waals surface area contributed by atoms with Crippen molar-refractivity contribution in [3.63, 3.8) is 0 Å². The van der Waals surface area contributed by atoms with Crippen LogP contribution in [-0.2, 0) is 14.3 Å². The number of amides is 3. The van der Waals surface area contributed by atoms with Crippen LogP contribution in [0.1, 0.15) is 76.3 Å². The Labute approximate surface area is 260 Å². The van der Waals surface area contributed by atoms with Crippen LogP contribution in [0.2, 0.25) is 0 Å². The van der Waals surface area contributed by atoms with Crippen LogP contribution in [0.4, 0.5) is 13.6 Å². The van der Waals surface area contributed by atoms with Crippen LogP contribution in [0.5, 0.6) is 0 Å². The smallest absolute Gasteiger partial charge is 0.320 e. The third-order valence-electron chi connectivity index (χ3n) is 10.7. The molecule has 1 N–H and O–H groups in total. The first-order chi connectivity index (χ1) is 20.1. The molecular formula is C32H47ClF2N4O4. The number of fused-ring (bicyclic) bond motifs is 2. The number of alkyl halides is 2. The summed E-state index contributed by atoms with van der Waals surface area (Å²) < 4.78 is 38.5. The zero-order valence-electron chi connectivity index (χ0n) is 25.4. The molecule has 3 atom stereocenters. The van der Waals surface area contributed by atoms with E-state index in [2.05, 4.69) is 17.1 Å². The highest BCUT2D eigenvalue weighted by Gasteiger charge is 2.56. The second-order valence-corrected chi connectivity index (χ2v) is 14.0. The number of ether oxygens (including phenoxy) is 2. The number of halogens is 3. The Morgan fingerprint density at radius 2 is 1.67 bits per heavy atom. The molecule has 4 saturated heterocycles. The molecule has 4 aliphatic heterocycles. The molecule has 1 spiro atoms. The highest BCUT2D eigenvalue weighted by Crippen LogP contribution is 2.47. The van der Waals surface area contributed by atoms with Crippen LogP contribution < -0.4 is 5.32 Å². The Kier molecular flexibility index (Phi) is 9.62. The van der Waals surface area contributed by atoms with Crippen molar-refractivity contribution in [1.29, 1.82) is 0 Å². The van der Waals surface area contributed by atoms with Crippen molar-refractivity contribution in [2.75, 3.05) is 46.7 Å². The molecule has 1 aromatic carbocycles. The van der Waals surface area contributed by atoms with Gasteiger partial charge >= 0.3 is 6.03 Å². The van der Waals surface area contributed by atoms with Gasteiger partial charge in [0, 0.05) is 62.9 Å². The van der Waals surface area contributed by atoms with Crippen molar-refractivity contribution in [3.05, 3.63) is 35.9 Å². The van der Waals surface area contributed by atoms with Gasteiger partial charge in [0.1, 0.15) is 6.79 Å². The number of hydrogen-bond donors (Lipinski definition) is 1. The minimum absolute atomic E-state index is 0. The van der Waals surface area contributed by atoms with E-state index in [1.54, 1.807) is 0 Å². The number of piperidine rings is 1. The molecule has 2 bridgehead atoms. The molecule has 0 radical (unpaired) electrons. The lowest BCUT2D eigenvalue weighted by molar-refractivity contribution is -0.162. The predicted octanol–water partition coefficient (Wildman–Crippen LogP) is 5.22. The summed E-state index contributed by atoms with van der Waals surface area (Å²) in [6.07, 6.45) is 4.94. The Balaban J connectivity index is 0.00000368. The minimum Gasteiger partial charge on any atom is -0.355 e. The molecule has 1 aliphatic carbocycles. The summed E-state index contributed by atoms with van der Waals surface area (Å²) in [5, 5.41) is 3.24. The summed E-state index contributed by atoms with van der Waals surface area (Å²) in [6.45, 7) is 5.86. The number of nitrogens with one attached hydrogen (secondary N) is 1. The van der Waals surface area contributed by atoms with Gasteiger partial charge < -0.3 is 24.6 Å². The number of hydrogen-bond acceptors (Lipinski definition) is 5. The van der Waals surface area contributed by atoms with Gasteiger partial charge in [0.25, 0.3) is 0 Å². The van der Waals surface area contributed by atoms with Crippen molar-refractivity contribution in [1.82, 2.24) is 20.0 Å². The Morgan fingerprint density at radius 3 is 2.30 bits per heavy atom. The van der Waals surface area contributed by atoms with Crippen LogP contribution in [0.3, 0.4) is 0 Å². The Hall–Kier alpha value is -2.01. The third kappa shape index (κ3) is 6.82. The molecule has 8 nitrogen and oxygen atoms in total. The van der Waals surface area contributed by atoms with E-state index in [-0.39, 0.29) is 72.9 Å². The fourth-order valence-corrected chi connectivity index (χ4v) is 8.36. The average molecular weight is 625 g/mol. The number of carbonyl (C=O) groups is 2. The van der Waals surface area contributed by atoms with E-state index in [9.17, 15) is 18.4 Å². The zero-order valence-corrected chi connectivity index (χ0v) is 26.3. The molecule has 1 saturated carbocycles. The highest BCUT2D eigenvalue weighted by molar-refractivity contribution is 5.85. The SMILES string of the molecule is CN1C(=O)N(CC2(C)COCOC2)CC12CC1CCC(C2)N1CC[C@H](NC(=O)C1CCC(F)(F)CC1)c1ccccc1.Cl. The Bertz CT molecular complexity index is 1110. The molecule has 5 fully saturated rings. The quantitative estimate of drug-likeness (QED) is 0.429. The van der Waals surface area contributed by atoms with Gasteiger partial charge in [-0.1, -0.05) is 37.3 Å². The number of carbonyl (C=O) groups excluding carboxylic acids is 2. The lowest BCUT2D eigenvalue weighted by Crippen LogP contribution is -2.57. The third-order valence-corrected chi connectivity index (χ3v) is 10.7. The van der Waals surface area contributed by atoms with Gasteiger partial charge in [-0.2, -0.15) is 0 Å². The maximum Gasteiger partial charge on any atom is 0.320 e. The van der Waals surface area contributed by atoms with Gasteiger partial charge in [0.2, 0.25) is 11.8 Å². The molecule has 3 amide bonds. The van der Waals surface area contributed by atoms with Gasteiger partial charge in [0.15, 0.2) is 0 Å². The van der Waals surface area contributed by atoms with E-state index in [0.717, 1.165) is 50.8 Å². The number of nitrogens with zero attached hydrogens (tertiary/aromatic N) is 3. The molecule has 2 unspecified atom stereocenters. The summed E-state index contributed by atoms with van der Waals surface area (Å²) >= 11 is 0. The number of urea groups is 1. The summed E-state index contributed by atoms with van der Waals surface area (Å²) in [4.78, 5) is 33.2. The summed E-state index contributed by atoms with van der Waals surface area (Å²) in [5.74, 6) is -3.10. The van der Waals surface area contributed by atoms with Gasteiger partial charge in [0.05, 0.1) is 24.8 Å². The summed E-state index contributed by atoms with van der Waals surface area (Å²) in [5.41, 5.74) is 0.686. The zero-order chi connectivity index (χ0) is 29.5. The van der Waals surface area contributed by atoms with Crippen molar-refractivity contribution in [2.24, 2.45) is 11.3 Å². The fraction of sp³-hybridized carbons (Fsp3) is 0.750. The van der Waals surface area contributed by atoms with Crippen molar-refractivity contribution < 1.29 is 27.8 Å². The largest absolute Gasteiger partial charge is 0.355 e. The summed E-state index contributed by atoms with van der Waals surface area (Å²) in [6, 6.07) is 10.7. The van der Waals surface area contributed by atoms with Crippen molar-refractivity contribution in [3.8, 4) is 0 Å². The molecule has 4 heterocycles. The predicted molar refractivity (Wildman–Crippen MR) is 161 cm³/mol. The highest BCUT2D eigenvalue weighted by atomic mass is 35.5. The van der Waals surface area contributed by atoms with E-state index in [1.165, 1.54) is 0 Å². The lowest BCUT2D eigenvalue weighted by Gasteiger charge is -2.47. The van der Waals surface area contributed by atoms with Crippen LogP contribution >= 0.6 is 12.4 Å². The summed E-state index contributed by atoms with van der Waals surface area (Å²) in [7, 11) is 1.97. The molecular weight excluding hydrogens is 578 g/mol. The second-order valence-electron chi connectivity index (χ2n) is 14.0. The van der Waals surface area contributed by atoms with Crippen LogP contribution in [0.25, 0.3) is 0 Å². The maximum absolute atomic E-state index is 13.7. The topological polar surface area (TPSA) is 74.4 Å². The van der Waals surface area contributed by atoms with Gasteiger partial charge in [-0.05, 0) is 50.5 Å². The van der Waals surface area contributed by atoms with E-state index >= 15 is 0 Å². The van der Waals surface area contributed by atoms with Crippen molar-refractivity contribution >= 4 is 24.3 Å². The molecule has 240 valence electrons. The lowest BCUT2D eigenvalue weighted by atomic mass is 9.81. The van der Waals surface area contributed by atoms with Crippen LogP contribution in [0, 0.1) is 11.3 Å². The van der Waals surface area contributed by atoms with E-state index in [1.807, 2.05) is 47.2 Å². The van der Waals surface area contributed by atoms with Crippen LogP contribution in [-0.4, -0.2) is 96.9 Å². The number of likely N-dealkylation sites (N-methyl/N-ethyl adjacent to an activating group) is 1. The van der Waals surface area contributed by atoms with E-state index < -0.39 is 5.92 Å². The minimum atomic E-state index is -2.65. The Morgan fingerprint density at radius 1 is 1.05 bits per heavy atom. The maximum atomic E-state index is 13.7. The van der Waals surface area contributed by atoms with E-state index in [0.29, 0.717) is 38.6 Å². The second kappa shape index (κ2) is 12.8. The molecule has 11 heteroatoms. The molecule has 5 aliphatic rings. The fourth-order valence-electron chi connectivity index (χ4n) is 8.36. The van der Waals surface area contributed by atoms with Gasteiger partial charge in [-0.15, -0.1) is 12.4 Å². The van der Waals surface area contributed by atoms with Gasteiger partial charge in [-0.3, -0.25) is 9.69 Å². The normalized spacial score (nSPS) is 31.2. The molecule has 43 heavy (non-hydrogen) atoms. The van der Waals surface area contributed by atoms with Crippen LogP contribution in [0.15, 0.2) is 30.3 Å². The average Bonchev–Trinajstić information content (AvgIpc) is 3.34. The molecule has 6 rings (SSSR count). The first-order valence-electron chi connectivity index (χ1n) is 15.7. The molecule has 0 aromatic heterocycles. The first-order valence-corrected chi connectivity index (χ1v) is 15.7. The monoisotopic (exact) mass is 624 g/mol. The number of rotatable bonds is 8. The number of benzene rings is 1. The standard InChI is InChI=1S/C32H46F2N4O4.ClH/c1-30(20-41-22-42-21-30)18-37-19-31(36(2)29(37)40)16-25-8-9-26(17-31)38(25)15-12-27(23-6-4-3-5-7-23)35-28(39)24-10-13-32(33,34)14-11-24;/h3-7,24-27H,8-22H2,1-2H3,(H,35,39);1H/t25?,26?,27-,31?;/m0./s1. The van der Waals surface area contributed by atoms with Crippen molar-refractivity contribution in [2.45, 2.75) is 94.3 Å². The van der Waals surface area contributed by atoms with Gasteiger partial charge in [-0.25, -0.2) is 13.6 Å². The first kappa shape index (κ1) is 32.4. The van der Waals surface area contributed by atoms with E-state index in [4.69, 9.17) is 9.47 Å². The molecule has 1 aromatic rings.